The first-order valence-electron chi connectivity index (χ1n) is 7.93. The number of nitrogens with zero attached hydrogens (tertiary/aromatic N) is 1. The molecule has 0 aliphatic carbocycles. The van der Waals surface area contributed by atoms with Crippen LogP contribution in [0.25, 0.3) is 0 Å². The van der Waals surface area contributed by atoms with Gasteiger partial charge in [0.1, 0.15) is 10.7 Å². The first kappa shape index (κ1) is 16.5. The van der Waals surface area contributed by atoms with Gasteiger partial charge in [0.25, 0.3) is 0 Å². The fourth-order valence-corrected chi connectivity index (χ4v) is 5.08. The number of hydrogen-bond donors (Lipinski definition) is 1. The summed E-state index contributed by atoms with van der Waals surface area (Å²) in [6.07, 6.45) is 3.30. The molecule has 8 heteroatoms. The Labute approximate surface area is 136 Å². The lowest BCUT2D eigenvalue weighted by atomic mass is 10.1. The third-order valence-corrected chi connectivity index (χ3v) is 6.49. The Morgan fingerprint density at radius 3 is 2.83 bits per heavy atom. The zero-order valence-corrected chi connectivity index (χ0v) is 14.2. The van der Waals surface area contributed by atoms with Crippen LogP contribution in [-0.4, -0.2) is 51.0 Å². The first-order valence-corrected chi connectivity index (χ1v) is 9.37. The topological polar surface area (TPSA) is 88.8 Å². The maximum atomic E-state index is 13.0. The highest BCUT2D eigenvalue weighted by molar-refractivity contribution is 7.89. The molecular weight excluding hydrogens is 320 g/mol. The molecule has 1 aromatic rings. The van der Waals surface area contributed by atoms with E-state index in [1.165, 1.54) is 17.5 Å². The first-order chi connectivity index (χ1) is 11.0. The lowest BCUT2D eigenvalue weighted by molar-refractivity contribution is 0.0563. The number of nitrogens with one attached hydrogen (secondary N) is 1. The highest BCUT2D eigenvalue weighted by Crippen LogP contribution is 2.29. The molecule has 1 N–H and O–H groups in total. The van der Waals surface area contributed by atoms with Crippen LogP contribution in [0.3, 0.4) is 0 Å². The van der Waals surface area contributed by atoms with Crippen molar-refractivity contribution in [1.82, 2.24) is 9.62 Å². The van der Waals surface area contributed by atoms with Gasteiger partial charge in [0.15, 0.2) is 0 Å². The summed E-state index contributed by atoms with van der Waals surface area (Å²) in [7, 11) is -2.44. The summed E-state index contributed by atoms with van der Waals surface area (Å²) < 4.78 is 37.5. The Kier molecular flexibility index (Phi) is 4.48. The van der Waals surface area contributed by atoms with Gasteiger partial charge in [-0.25, -0.2) is 13.2 Å². The van der Waals surface area contributed by atoms with Crippen molar-refractivity contribution in [2.45, 2.75) is 49.6 Å². The lowest BCUT2D eigenvalue weighted by Gasteiger charge is -2.23. The van der Waals surface area contributed by atoms with Gasteiger partial charge in [-0.2, -0.15) is 4.31 Å². The normalized spacial score (nSPS) is 25.3. The molecule has 7 nitrogen and oxygen atoms in total. The Balaban J connectivity index is 1.92. The maximum absolute atomic E-state index is 13.0. The average molecular weight is 342 g/mol. The molecule has 3 heterocycles. The van der Waals surface area contributed by atoms with Crippen LogP contribution in [0.2, 0.25) is 0 Å². The van der Waals surface area contributed by atoms with Gasteiger partial charge >= 0.3 is 5.97 Å². The van der Waals surface area contributed by atoms with Crippen molar-refractivity contribution in [2.24, 2.45) is 0 Å². The zero-order chi connectivity index (χ0) is 16.6. The Bertz CT molecular complexity index is 697. The largest absolute Gasteiger partial charge is 0.463 e. The summed E-state index contributed by atoms with van der Waals surface area (Å²) in [5, 5.41) is 3.46. The molecule has 2 fully saturated rings. The highest BCUT2D eigenvalue weighted by atomic mass is 32.2. The number of fused-ring (bicyclic) bond motifs is 2. The molecule has 128 valence electrons. The fourth-order valence-electron chi connectivity index (χ4n) is 3.35. The second kappa shape index (κ2) is 6.26. The molecule has 0 radical (unpaired) electrons. The summed E-state index contributed by atoms with van der Waals surface area (Å²) in [4.78, 5) is 11.7. The molecule has 23 heavy (non-hydrogen) atoms. The van der Waals surface area contributed by atoms with E-state index in [1.54, 1.807) is 6.92 Å². The van der Waals surface area contributed by atoms with Gasteiger partial charge in [-0.3, -0.25) is 0 Å². The number of aryl methyl sites for hydroxylation is 1. The van der Waals surface area contributed by atoms with Crippen LogP contribution in [0.15, 0.2) is 15.4 Å². The molecule has 0 aromatic carbocycles. The van der Waals surface area contributed by atoms with Crippen molar-refractivity contribution in [3.05, 3.63) is 17.6 Å². The summed E-state index contributed by atoms with van der Waals surface area (Å²) in [6, 6.07) is 1.89. The molecule has 0 spiro atoms. The number of carbonyl (C=O) groups excluding carboxylic acids is 1. The van der Waals surface area contributed by atoms with E-state index in [0.29, 0.717) is 31.3 Å². The van der Waals surface area contributed by atoms with E-state index < -0.39 is 16.0 Å². The van der Waals surface area contributed by atoms with Crippen molar-refractivity contribution >= 4 is 16.0 Å². The van der Waals surface area contributed by atoms with Crippen LogP contribution in [0.4, 0.5) is 0 Å². The molecule has 2 aliphatic rings. The van der Waals surface area contributed by atoms with E-state index in [-0.39, 0.29) is 16.7 Å². The third kappa shape index (κ3) is 3.02. The van der Waals surface area contributed by atoms with E-state index in [1.807, 2.05) is 0 Å². The Morgan fingerprint density at radius 1 is 1.39 bits per heavy atom. The second-order valence-corrected chi connectivity index (χ2v) is 7.94. The smallest absolute Gasteiger partial charge is 0.373 e. The van der Waals surface area contributed by atoms with Gasteiger partial charge in [-0.15, -0.1) is 0 Å². The van der Waals surface area contributed by atoms with Crippen molar-refractivity contribution in [3.8, 4) is 0 Å². The van der Waals surface area contributed by atoms with Crippen molar-refractivity contribution in [1.29, 1.82) is 0 Å². The SMILES string of the molecule is CCc1oc(C(=O)OC)cc1S(=O)(=O)N1CCC2CCC(C1)N2. The summed E-state index contributed by atoms with van der Waals surface area (Å²) in [6.45, 7) is 2.74. The molecule has 2 bridgehead atoms. The van der Waals surface area contributed by atoms with Gasteiger partial charge < -0.3 is 14.5 Å². The minimum atomic E-state index is -3.68. The van der Waals surface area contributed by atoms with E-state index in [2.05, 4.69) is 10.1 Å². The maximum Gasteiger partial charge on any atom is 0.373 e. The van der Waals surface area contributed by atoms with Crippen LogP contribution in [0, 0.1) is 0 Å². The van der Waals surface area contributed by atoms with Crippen molar-refractivity contribution in [2.75, 3.05) is 20.2 Å². The van der Waals surface area contributed by atoms with Gasteiger partial charge in [0.05, 0.1) is 7.11 Å². The third-order valence-electron chi connectivity index (χ3n) is 4.58. The molecule has 2 atom stereocenters. The Hall–Kier alpha value is -1.38. The van der Waals surface area contributed by atoms with Crippen LogP contribution in [0.5, 0.6) is 0 Å². The van der Waals surface area contributed by atoms with Crippen LogP contribution in [-0.2, 0) is 21.2 Å². The second-order valence-electron chi connectivity index (χ2n) is 6.03. The highest BCUT2D eigenvalue weighted by Gasteiger charge is 2.37. The van der Waals surface area contributed by atoms with E-state index in [0.717, 1.165) is 19.3 Å². The predicted octanol–water partition coefficient (Wildman–Crippen LogP) is 1.14. The molecule has 0 saturated carbocycles. The van der Waals surface area contributed by atoms with Crippen molar-refractivity contribution < 1.29 is 22.4 Å². The molecule has 2 saturated heterocycles. The molecule has 2 aliphatic heterocycles. The van der Waals surface area contributed by atoms with Gasteiger partial charge in [-0.1, -0.05) is 6.92 Å². The number of furan rings is 1. The van der Waals surface area contributed by atoms with E-state index in [4.69, 9.17) is 4.42 Å². The van der Waals surface area contributed by atoms with Crippen LogP contribution in [0.1, 0.15) is 42.5 Å². The summed E-state index contributed by atoms with van der Waals surface area (Å²) in [5.74, 6) is -0.442. The minimum absolute atomic E-state index is 0.0719. The minimum Gasteiger partial charge on any atom is -0.463 e. The van der Waals surface area contributed by atoms with Crippen LogP contribution < -0.4 is 5.32 Å². The van der Waals surface area contributed by atoms with Crippen molar-refractivity contribution in [3.63, 3.8) is 0 Å². The molecule has 2 unspecified atom stereocenters. The summed E-state index contributed by atoms with van der Waals surface area (Å²) >= 11 is 0. The zero-order valence-electron chi connectivity index (χ0n) is 13.4. The number of carbonyl (C=O) groups is 1. The number of hydrogen-bond acceptors (Lipinski definition) is 6. The average Bonchev–Trinajstić information content (AvgIpc) is 3.09. The number of sulfonamides is 1. The molecular formula is C15H22N2O5S. The van der Waals surface area contributed by atoms with E-state index >= 15 is 0 Å². The lowest BCUT2D eigenvalue weighted by Crippen LogP contribution is -2.39. The predicted molar refractivity (Wildman–Crippen MR) is 82.7 cm³/mol. The molecule has 1 aromatic heterocycles. The van der Waals surface area contributed by atoms with Gasteiger partial charge in [0.2, 0.25) is 15.8 Å². The number of rotatable bonds is 4. The quantitative estimate of drug-likeness (QED) is 0.826. The molecule has 0 amide bonds. The van der Waals surface area contributed by atoms with E-state index in [9.17, 15) is 13.2 Å². The van der Waals surface area contributed by atoms with Gasteiger partial charge in [0, 0.05) is 37.7 Å². The van der Waals surface area contributed by atoms with Crippen LogP contribution >= 0.6 is 0 Å². The monoisotopic (exact) mass is 342 g/mol. The standard InChI is InChI=1S/C15H22N2O5S/c1-3-12-14(8-13(22-12)15(18)21-2)23(19,20)17-7-6-10-4-5-11(9-17)16-10/h8,10-11,16H,3-7,9H2,1-2H3. The van der Waals surface area contributed by atoms with Gasteiger partial charge in [-0.05, 0) is 19.3 Å². The Morgan fingerprint density at radius 2 is 2.13 bits per heavy atom. The summed E-state index contributed by atoms with van der Waals surface area (Å²) in [5.41, 5.74) is 0. The fraction of sp³-hybridized carbons (Fsp3) is 0.667. The number of esters is 1. The number of methoxy groups -OCH3 is 1. The molecule has 3 rings (SSSR count). The number of ether oxygens (including phenoxy) is 1.